The summed E-state index contributed by atoms with van der Waals surface area (Å²) in [5.74, 6) is -0.517. The molecule has 2 heterocycles. The molecule has 0 saturated carbocycles. The molecule has 3 rings (SSSR count). The monoisotopic (exact) mass is 376 g/mol. The van der Waals surface area contributed by atoms with Crippen LogP contribution in [0.4, 0.5) is 5.69 Å². The van der Waals surface area contributed by atoms with Crippen LogP contribution >= 0.6 is 0 Å². The van der Waals surface area contributed by atoms with Gasteiger partial charge in [0.05, 0.1) is 10.6 Å². The van der Waals surface area contributed by atoms with Crippen LogP contribution in [-0.2, 0) is 14.8 Å². The number of rotatable bonds is 4. The SMILES string of the molecule is CCC1Oc2ccc(S(=O)(=O)NC(=O)c3ccnc(C)n3)cc2NC1=O. The van der Waals surface area contributed by atoms with Crippen molar-refractivity contribution < 1.29 is 22.7 Å². The smallest absolute Gasteiger partial charge is 0.283 e. The summed E-state index contributed by atoms with van der Waals surface area (Å²) in [6.07, 6.45) is 1.23. The van der Waals surface area contributed by atoms with Crippen molar-refractivity contribution in [3.05, 3.63) is 42.0 Å². The van der Waals surface area contributed by atoms with Gasteiger partial charge in [0.25, 0.3) is 21.8 Å². The van der Waals surface area contributed by atoms with E-state index in [1.54, 1.807) is 13.8 Å². The molecule has 0 saturated heterocycles. The van der Waals surface area contributed by atoms with E-state index >= 15 is 0 Å². The molecule has 0 spiro atoms. The Morgan fingerprint density at radius 1 is 1.35 bits per heavy atom. The summed E-state index contributed by atoms with van der Waals surface area (Å²) in [6.45, 7) is 3.39. The second-order valence-electron chi connectivity index (χ2n) is 5.59. The van der Waals surface area contributed by atoms with Gasteiger partial charge in [-0.05, 0) is 37.6 Å². The van der Waals surface area contributed by atoms with E-state index in [0.29, 0.717) is 18.0 Å². The highest BCUT2D eigenvalue weighted by Gasteiger charge is 2.28. The zero-order valence-electron chi connectivity index (χ0n) is 14.0. The Labute approximate surface area is 149 Å². The summed E-state index contributed by atoms with van der Waals surface area (Å²) in [5.41, 5.74) is 0.161. The Bertz CT molecular complexity index is 990. The predicted octanol–water partition coefficient (Wildman–Crippen LogP) is 1.01. The van der Waals surface area contributed by atoms with Crippen molar-refractivity contribution in [2.45, 2.75) is 31.3 Å². The number of aryl methyl sites for hydroxylation is 1. The van der Waals surface area contributed by atoms with Crippen LogP contribution in [0.25, 0.3) is 0 Å². The van der Waals surface area contributed by atoms with Gasteiger partial charge in [0.15, 0.2) is 6.10 Å². The van der Waals surface area contributed by atoms with Gasteiger partial charge in [-0.3, -0.25) is 9.59 Å². The number of sulfonamides is 1. The van der Waals surface area contributed by atoms with Crippen LogP contribution in [0.3, 0.4) is 0 Å². The molecule has 1 aromatic carbocycles. The zero-order valence-corrected chi connectivity index (χ0v) is 14.8. The Morgan fingerprint density at radius 2 is 2.12 bits per heavy atom. The Hall–Kier alpha value is -3.01. The molecule has 2 N–H and O–H groups in total. The molecule has 1 atom stereocenters. The highest BCUT2D eigenvalue weighted by atomic mass is 32.2. The lowest BCUT2D eigenvalue weighted by molar-refractivity contribution is -0.123. The average molecular weight is 376 g/mol. The largest absolute Gasteiger partial charge is 0.478 e. The van der Waals surface area contributed by atoms with Crippen molar-refractivity contribution in [2.24, 2.45) is 0 Å². The van der Waals surface area contributed by atoms with E-state index in [1.807, 2.05) is 4.72 Å². The van der Waals surface area contributed by atoms with Crippen LogP contribution in [0.15, 0.2) is 35.4 Å². The van der Waals surface area contributed by atoms with E-state index in [1.165, 1.54) is 30.5 Å². The predicted molar refractivity (Wildman–Crippen MR) is 91.2 cm³/mol. The average Bonchev–Trinajstić information content (AvgIpc) is 2.60. The minimum atomic E-state index is -4.16. The van der Waals surface area contributed by atoms with E-state index in [-0.39, 0.29) is 22.2 Å². The maximum atomic E-state index is 12.5. The van der Waals surface area contributed by atoms with Gasteiger partial charge in [0.2, 0.25) is 0 Å². The third-order valence-corrected chi connectivity index (χ3v) is 5.02. The molecule has 0 bridgehead atoms. The van der Waals surface area contributed by atoms with Crippen molar-refractivity contribution in [1.82, 2.24) is 14.7 Å². The molecule has 0 aliphatic carbocycles. The van der Waals surface area contributed by atoms with Crippen molar-refractivity contribution in [2.75, 3.05) is 5.32 Å². The molecule has 10 heteroatoms. The maximum Gasteiger partial charge on any atom is 0.283 e. The number of benzene rings is 1. The molecule has 2 amide bonds. The number of aromatic nitrogens is 2. The number of nitrogens with zero attached hydrogens (tertiary/aromatic N) is 2. The van der Waals surface area contributed by atoms with Crippen LogP contribution in [0.2, 0.25) is 0 Å². The van der Waals surface area contributed by atoms with Gasteiger partial charge in [-0.25, -0.2) is 23.1 Å². The first kappa shape index (κ1) is 17.8. The molecule has 1 aliphatic rings. The van der Waals surface area contributed by atoms with Gasteiger partial charge in [-0.15, -0.1) is 0 Å². The molecule has 0 fully saturated rings. The number of carbonyl (C=O) groups is 2. The van der Waals surface area contributed by atoms with Crippen LogP contribution < -0.4 is 14.8 Å². The molecule has 136 valence electrons. The third kappa shape index (κ3) is 3.49. The molecular weight excluding hydrogens is 360 g/mol. The first-order chi connectivity index (χ1) is 12.3. The fourth-order valence-electron chi connectivity index (χ4n) is 2.38. The maximum absolute atomic E-state index is 12.5. The lowest BCUT2D eigenvalue weighted by Crippen LogP contribution is -2.36. The summed E-state index contributed by atoms with van der Waals surface area (Å²) in [6, 6.07) is 5.28. The zero-order chi connectivity index (χ0) is 18.9. The minimum Gasteiger partial charge on any atom is -0.478 e. The van der Waals surface area contributed by atoms with Crippen LogP contribution in [0.1, 0.15) is 29.7 Å². The molecule has 1 unspecified atom stereocenters. The van der Waals surface area contributed by atoms with Gasteiger partial charge in [0.1, 0.15) is 17.3 Å². The normalized spacial score (nSPS) is 16.2. The second-order valence-corrected chi connectivity index (χ2v) is 7.27. The van der Waals surface area contributed by atoms with Gasteiger partial charge in [0, 0.05) is 6.20 Å². The van der Waals surface area contributed by atoms with Crippen LogP contribution in [-0.4, -0.2) is 36.3 Å². The van der Waals surface area contributed by atoms with Crippen molar-refractivity contribution in [3.8, 4) is 5.75 Å². The third-order valence-electron chi connectivity index (χ3n) is 3.69. The number of fused-ring (bicyclic) bond motifs is 1. The van der Waals surface area contributed by atoms with Gasteiger partial charge < -0.3 is 10.1 Å². The summed E-state index contributed by atoms with van der Waals surface area (Å²) in [7, 11) is -4.16. The van der Waals surface area contributed by atoms with E-state index in [4.69, 9.17) is 4.74 Å². The van der Waals surface area contributed by atoms with Crippen molar-refractivity contribution in [3.63, 3.8) is 0 Å². The first-order valence-corrected chi connectivity index (χ1v) is 9.27. The Morgan fingerprint density at radius 3 is 2.81 bits per heavy atom. The molecule has 9 nitrogen and oxygen atoms in total. The van der Waals surface area contributed by atoms with Crippen molar-refractivity contribution >= 4 is 27.5 Å². The van der Waals surface area contributed by atoms with Crippen molar-refractivity contribution in [1.29, 1.82) is 0 Å². The van der Waals surface area contributed by atoms with Gasteiger partial charge in [-0.1, -0.05) is 6.92 Å². The number of ether oxygens (including phenoxy) is 1. The molecule has 0 radical (unpaired) electrons. The summed E-state index contributed by atoms with van der Waals surface area (Å²) >= 11 is 0. The van der Waals surface area contributed by atoms with E-state index in [9.17, 15) is 18.0 Å². The standard InChI is InChI=1S/C16H16N4O5S/c1-3-13-16(22)19-12-8-10(4-5-14(12)25-13)26(23,24)20-15(21)11-6-7-17-9(2)18-11/h4-8,13H,3H2,1-2H3,(H,19,22)(H,20,21). The molecule has 1 aromatic heterocycles. The van der Waals surface area contributed by atoms with E-state index in [0.717, 1.165) is 0 Å². The lowest BCUT2D eigenvalue weighted by Gasteiger charge is -2.25. The molecule has 26 heavy (non-hydrogen) atoms. The number of hydrogen-bond donors (Lipinski definition) is 2. The molecular formula is C16H16N4O5S. The quantitative estimate of drug-likeness (QED) is 0.815. The van der Waals surface area contributed by atoms with Crippen LogP contribution in [0, 0.1) is 6.92 Å². The van der Waals surface area contributed by atoms with E-state index < -0.39 is 22.0 Å². The second kappa shape index (κ2) is 6.71. The summed E-state index contributed by atoms with van der Waals surface area (Å²) in [5, 5.41) is 2.60. The van der Waals surface area contributed by atoms with Gasteiger partial charge >= 0.3 is 0 Å². The van der Waals surface area contributed by atoms with Crippen LogP contribution in [0.5, 0.6) is 5.75 Å². The number of anilines is 1. The topological polar surface area (TPSA) is 127 Å². The number of nitrogens with one attached hydrogen (secondary N) is 2. The minimum absolute atomic E-state index is 0.0681. The highest BCUT2D eigenvalue weighted by Crippen LogP contribution is 2.32. The summed E-state index contributed by atoms with van der Waals surface area (Å²) < 4.78 is 32.4. The number of hydrogen-bond acceptors (Lipinski definition) is 7. The fourth-order valence-corrected chi connectivity index (χ4v) is 3.37. The number of carbonyl (C=O) groups excluding carboxylic acids is 2. The van der Waals surface area contributed by atoms with E-state index in [2.05, 4.69) is 15.3 Å². The van der Waals surface area contributed by atoms with Gasteiger partial charge in [-0.2, -0.15) is 0 Å². The summed E-state index contributed by atoms with van der Waals surface area (Å²) in [4.78, 5) is 31.6. The lowest BCUT2D eigenvalue weighted by atomic mass is 10.2. The first-order valence-electron chi connectivity index (χ1n) is 7.78. The molecule has 2 aromatic rings. The number of amides is 2. The Kier molecular flexibility index (Phi) is 4.60. The Balaban J connectivity index is 1.85. The highest BCUT2D eigenvalue weighted by molar-refractivity contribution is 7.90. The molecule has 1 aliphatic heterocycles. The fraction of sp³-hybridized carbons (Fsp3) is 0.250.